The molecule has 0 fully saturated rings. The van der Waals surface area contributed by atoms with Gasteiger partial charge in [-0.2, -0.15) is 0 Å². The zero-order valence-corrected chi connectivity index (χ0v) is 13.8. The van der Waals surface area contributed by atoms with E-state index in [0.717, 1.165) is 26.8 Å². The lowest BCUT2D eigenvalue weighted by Gasteiger charge is -2.19. The molecule has 0 saturated heterocycles. The number of pyridine rings is 1. The standard InChI is InChI=1S/C16H14BrFN2S/c1-2-19-16(12-8-11(17)3-4-13(12)18)10-7-15-14(20-9-10)5-6-21-15/h3-9,16,19H,2H2,1H3. The molecule has 5 heteroatoms. The molecule has 2 aromatic heterocycles. The van der Waals surface area contributed by atoms with Crippen LogP contribution >= 0.6 is 27.3 Å². The Morgan fingerprint density at radius 1 is 1.33 bits per heavy atom. The van der Waals surface area contributed by atoms with Gasteiger partial charge in [0.15, 0.2) is 0 Å². The molecule has 0 aliphatic carbocycles. The third-order valence-electron chi connectivity index (χ3n) is 3.33. The van der Waals surface area contributed by atoms with Gasteiger partial charge >= 0.3 is 0 Å². The van der Waals surface area contributed by atoms with Crippen molar-refractivity contribution in [3.63, 3.8) is 0 Å². The van der Waals surface area contributed by atoms with E-state index in [1.165, 1.54) is 6.07 Å². The van der Waals surface area contributed by atoms with E-state index in [0.29, 0.717) is 5.56 Å². The summed E-state index contributed by atoms with van der Waals surface area (Å²) in [6.45, 7) is 2.76. The first-order valence-corrected chi connectivity index (χ1v) is 8.38. The predicted molar refractivity (Wildman–Crippen MR) is 89.2 cm³/mol. The SMILES string of the molecule is CCNC(c1cnc2ccsc2c1)c1cc(Br)ccc1F. The van der Waals surface area contributed by atoms with Crippen molar-refractivity contribution in [2.75, 3.05) is 6.54 Å². The van der Waals surface area contributed by atoms with Crippen LogP contribution in [0.25, 0.3) is 10.2 Å². The number of hydrogen-bond donors (Lipinski definition) is 1. The van der Waals surface area contributed by atoms with E-state index in [1.54, 1.807) is 17.4 Å². The van der Waals surface area contributed by atoms with E-state index in [-0.39, 0.29) is 11.9 Å². The number of rotatable bonds is 4. The van der Waals surface area contributed by atoms with Gasteiger partial charge in [0, 0.05) is 16.2 Å². The van der Waals surface area contributed by atoms with Crippen LogP contribution in [0.4, 0.5) is 4.39 Å². The van der Waals surface area contributed by atoms with E-state index in [9.17, 15) is 4.39 Å². The zero-order valence-electron chi connectivity index (χ0n) is 11.4. The maximum Gasteiger partial charge on any atom is 0.128 e. The Bertz CT molecular complexity index is 772. The number of halogens is 2. The van der Waals surface area contributed by atoms with Gasteiger partial charge in [-0.05, 0) is 47.8 Å². The summed E-state index contributed by atoms with van der Waals surface area (Å²) in [7, 11) is 0. The van der Waals surface area contributed by atoms with Gasteiger partial charge < -0.3 is 5.32 Å². The Balaban J connectivity index is 2.09. The number of benzene rings is 1. The molecule has 0 aliphatic heterocycles. The van der Waals surface area contributed by atoms with Crippen LogP contribution in [0, 0.1) is 5.82 Å². The van der Waals surface area contributed by atoms with E-state index < -0.39 is 0 Å². The fraction of sp³-hybridized carbons (Fsp3) is 0.188. The van der Waals surface area contributed by atoms with Gasteiger partial charge in [-0.15, -0.1) is 11.3 Å². The van der Waals surface area contributed by atoms with Crippen LogP contribution in [-0.4, -0.2) is 11.5 Å². The van der Waals surface area contributed by atoms with Gasteiger partial charge in [0.1, 0.15) is 5.82 Å². The molecule has 3 rings (SSSR count). The first-order valence-electron chi connectivity index (χ1n) is 6.70. The van der Waals surface area contributed by atoms with Crippen molar-refractivity contribution in [1.82, 2.24) is 10.3 Å². The highest BCUT2D eigenvalue weighted by molar-refractivity contribution is 9.10. The molecule has 1 unspecified atom stereocenters. The molecule has 0 saturated carbocycles. The van der Waals surface area contributed by atoms with Crippen molar-refractivity contribution in [3.8, 4) is 0 Å². The van der Waals surface area contributed by atoms with Crippen LogP contribution in [0.2, 0.25) is 0 Å². The minimum absolute atomic E-state index is 0.202. The quantitative estimate of drug-likeness (QED) is 0.712. The van der Waals surface area contributed by atoms with Crippen LogP contribution in [0.5, 0.6) is 0 Å². The van der Waals surface area contributed by atoms with E-state index in [2.05, 4.69) is 32.3 Å². The van der Waals surface area contributed by atoms with Crippen molar-refractivity contribution < 1.29 is 4.39 Å². The van der Waals surface area contributed by atoms with Crippen molar-refractivity contribution in [2.24, 2.45) is 0 Å². The normalized spacial score (nSPS) is 12.7. The molecule has 0 bridgehead atoms. The topological polar surface area (TPSA) is 24.9 Å². The van der Waals surface area contributed by atoms with Crippen molar-refractivity contribution in [2.45, 2.75) is 13.0 Å². The lowest BCUT2D eigenvalue weighted by atomic mass is 9.99. The van der Waals surface area contributed by atoms with Crippen LogP contribution in [0.1, 0.15) is 24.1 Å². The smallest absolute Gasteiger partial charge is 0.128 e. The van der Waals surface area contributed by atoms with Crippen LogP contribution in [0.15, 0.2) is 46.4 Å². The number of nitrogens with zero attached hydrogens (tertiary/aromatic N) is 1. The minimum atomic E-state index is -0.213. The predicted octanol–water partition coefficient (Wildman–Crippen LogP) is 4.90. The molecule has 0 amide bonds. The third-order valence-corrected chi connectivity index (χ3v) is 4.68. The van der Waals surface area contributed by atoms with Gasteiger partial charge in [0.25, 0.3) is 0 Å². The van der Waals surface area contributed by atoms with Crippen molar-refractivity contribution in [3.05, 3.63) is 63.3 Å². The summed E-state index contributed by atoms with van der Waals surface area (Å²) in [5, 5.41) is 5.36. The summed E-state index contributed by atoms with van der Waals surface area (Å²) >= 11 is 5.06. The highest BCUT2D eigenvalue weighted by atomic mass is 79.9. The van der Waals surface area contributed by atoms with Gasteiger partial charge in [-0.1, -0.05) is 22.9 Å². The van der Waals surface area contributed by atoms with Crippen LogP contribution in [0.3, 0.4) is 0 Å². The second-order valence-corrected chi connectivity index (χ2v) is 6.59. The molecule has 108 valence electrons. The molecule has 2 nitrogen and oxygen atoms in total. The molecule has 0 radical (unpaired) electrons. The lowest BCUT2D eigenvalue weighted by Crippen LogP contribution is -2.23. The Kier molecular flexibility index (Phi) is 4.33. The summed E-state index contributed by atoms with van der Waals surface area (Å²) in [6.07, 6.45) is 1.82. The molecule has 3 aromatic rings. The molecule has 1 aromatic carbocycles. The molecule has 0 spiro atoms. The van der Waals surface area contributed by atoms with Crippen LogP contribution < -0.4 is 5.32 Å². The average molecular weight is 365 g/mol. The summed E-state index contributed by atoms with van der Waals surface area (Å²) in [6, 6.07) is 8.89. The van der Waals surface area contributed by atoms with Gasteiger partial charge in [0.05, 0.1) is 16.3 Å². The summed E-state index contributed by atoms with van der Waals surface area (Å²) < 4.78 is 16.2. The Hall–Kier alpha value is -1.30. The van der Waals surface area contributed by atoms with Gasteiger partial charge in [-0.3, -0.25) is 4.98 Å². The van der Waals surface area contributed by atoms with E-state index in [1.807, 2.05) is 30.6 Å². The first kappa shape index (κ1) is 14.6. The molecule has 1 atom stereocenters. The molecule has 21 heavy (non-hydrogen) atoms. The molecular formula is C16H14BrFN2S. The molecule has 2 heterocycles. The Labute approximate surface area is 135 Å². The largest absolute Gasteiger partial charge is 0.306 e. The second-order valence-electron chi connectivity index (χ2n) is 4.73. The summed E-state index contributed by atoms with van der Waals surface area (Å²) in [4.78, 5) is 4.46. The summed E-state index contributed by atoms with van der Waals surface area (Å²) in [5.41, 5.74) is 2.58. The summed E-state index contributed by atoms with van der Waals surface area (Å²) in [5.74, 6) is -0.213. The fourth-order valence-electron chi connectivity index (χ4n) is 2.37. The maximum atomic E-state index is 14.2. The van der Waals surface area contributed by atoms with E-state index in [4.69, 9.17) is 0 Å². The average Bonchev–Trinajstić information content (AvgIpc) is 2.95. The highest BCUT2D eigenvalue weighted by Crippen LogP contribution is 2.29. The Morgan fingerprint density at radius 3 is 3.00 bits per heavy atom. The molecular weight excluding hydrogens is 351 g/mol. The third kappa shape index (κ3) is 3.00. The second kappa shape index (κ2) is 6.22. The number of fused-ring (bicyclic) bond motifs is 1. The van der Waals surface area contributed by atoms with Gasteiger partial charge in [0.2, 0.25) is 0 Å². The fourth-order valence-corrected chi connectivity index (χ4v) is 3.53. The van der Waals surface area contributed by atoms with E-state index >= 15 is 0 Å². The van der Waals surface area contributed by atoms with Crippen LogP contribution in [-0.2, 0) is 0 Å². The van der Waals surface area contributed by atoms with Crippen molar-refractivity contribution >= 4 is 37.5 Å². The van der Waals surface area contributed by atoms with Crippen molar-refractivity contribution in [1.29, 1.82) is 0 Å². The lowest BCUT2D eigenvalue weighted by molar-refractivity contribution is 0.558. The monoisotopic (exact) mass is 364 g/mol. The highest BCUT2D eigenvalue weighted by Gasteiger charge is 2.18. The Morgan fingerprint density at radius 2 is 2.19 bits per heavy atom. The first-order chi connectivity index (χ1) is 10.2. The molecule has 0 aliphatic rings. The molecule has 1 N–H and O–H groups in total. The number of aromatic nitrogens is 1. The zero-order chi connectivity index (χ0) is 14.8. The maximum absolute atomic E-state index is 14.2. The number of hydrogen-bond acceptors (Lipinski definition) is 3. The van der Waals surface area contributed by atoms with Gasteiger partial charge in [-0.25, -0.2) is 4.39 Å². The number of thiophene rings is 1. The minimum Gasteiger partial charge on any atom is -0.306 e. The number of nitrogens with one attached hydrogen (secondary N) is 1.